The van der Waals surface area contributed by atoms with Gasteiger partial charge in [-0.2, -0.15) is 5.10 Å². The van der Waals surface area contributed by atoms with Gasteiger partial charge < -0.3 is 20.5 Å². The highest BCUT2D eigenvalue weighted by Gasteiger charge is 2.16. The van der Waals surface area contributed by atoms with E-state index in [9.17, 15) is 9.18 Å². The first-order chi connectivity index (χ1) is 20.9. The molecule has 0 aliphatic carbocycles. The molecule has 0 fully saturated rings. The summed E-state index contributed by atoms with van der Waals surface area (Å²) in [6.45, 7) is 3.52. The minimum absolute atomic E-state index is 0.0461. The Labute approximate surface area is 248 Å². The van der Waals surface area contributed by atoms with E-state index in [0.29, 0.717) is 35.6 Å². The lowest BCUT2D eigenvalue weighted by Crippen LogP contribution is -2.20. The van der Waals surface area contributed by atoms with Crippen molar-refractivity contribution in [2.75, 3.05) is 37.8 Å². The van der Waals surface area contributed by atoms with Gasteiger partial charge in [0, 0.05) is 47.9 Å². The Morgan fingerprint density at radius 1 is 0.977 bits per heavy atom. The van der Waals surface area contributed by atoms with Crippen LogP contribution < -0.4 is 10.6 Å². The van der Waals surface area contributed by atoms with Crippen LogP contribution in [0.15, 0.2) is 73.1 Å². The average Bonchev–Trinajstić information content (AvgIpc) is 3.60. The van der Waals surface area contributed by atoms with Crippen LogP contribution in [0.1, 0.15) is 19.8 Å². The average molecular weight is 577 g/mol. The van der Waals surface area contributed by atoms with E-state index in [1.165, 1.54) is 6.07 Å². The van der Waals surface area contributed by atoms with Gasteiger partial charge in [0.15, 0.2) is 0 Å². The van der Waals surface area contributed by atoms with Crippen molar-refractivity contribution in [1.82, 2.24) is 30.0 Å². The summed E-state index contributed by atoms with van der Waals surface area (Å²) in [5.74, 6) is -0.341. The van der Waals surface area contributed by atoms with Crippen molar-refractivity contribution < 1.29 is 9.18 Å². The predicted molar refractivity (Wildman–Crippen MR) is 170 cm³/mol. The van der Waals surface area contributed by atoms with Crippen molar-refractivity contribution in [2.24, 2.45) is 0 Å². The number of nitrogens with zero attached hydrogens (tertiary/aromatic N) is 4. The van der Waals surface area contributed by atoms with E-state index in [1.54, 1.807) is 18.5 Å². The fourth-order valence-corrected chi connectivity index (χ4v) is 5.15. The number of H-pyrrole nitrogens is 2. The largest absolute Gasteiger partial charge is 0.384 e. The highest BCUT2D eigenvalue weighted by molar-refractivity contribution is 6.01. The number of rotatable bonds is 10. The summed E-state index contributed by atoms with van der Waals surface area (Å²) in [7, 11) is 4.01. The van der Waals surface area contributed by atoms with Crippen LogP contribution in [0.4, 0.5) is 15.8 Å². The van der Waals surface area contributed by atoms with Crippen LogP contribution >= 0.6 is 0 Å². The van der Waals surface area contributed by atoms with E-state index in [4.69, 9.17) is 4.98 Å². The third kappa shape index (κ3) is 6.09. The lowest BCUT2D eigenvalue weighted by molar-refractivity contribution is -0.116. The van der Waals surface area contributed by atoms with Gasteiger partial charge in [0.2, 0.25) is 5.91 Å². The van der Waals surface area contributed by atoms with Crippen LogP contribution in [0.5, 0.6) is 0 Å². The number of pyridine rings is 2. The van der Waals surface area contributed by atoms with Crippen molar-refractivity contribution in [3.05, 3.63) is 78.9 Å². The number of amides is 1. The Kier molecular flexibility index (Phi) is 7.84. The third-order valence-electron chi connectivity index (χ3n) is 7.22. The van der Waals surface area contributed by atoms with Crippen molar-refractivity contribution in [3.63, 3.8) is 0 Å². The number of anilines is 2. The lowest BCUT2D eigenvalue weighted by Gasteiger charge is -2.13. The number of fused-ring (bicyclic) bond motifs is 2. The first-order valence-corrected chi connectivity index (χ1v) is 14.3. The van der Waals surface area contributed by atoms with E-state index in [1.807, 2.05) is 69.6 Å². The number of carbonyl (C=O) groups is 1. The summed E-state index contributed by atoms with van der Waals surface area (Å²) in [6, 6.07) is 18.7. The van der Waals surface area contributed by atoms with Crippen LogP contribution in [0.3, 0.4) is 0 Å². The Morgan fingerprint density at radius 3 is 2.67 bits per heavy atom. The van der Waals surface area contributed by atoms with Crippen molar-refractivity contribution in [1.29, 1.82) is 0 Å². The smallest absolute Gasteiger partial charge is 0.224 e. The second-order valence-corrected chi connectivity index (χ2v) is 10.8. The molecule has 0 saturated heterocycles. The number of benzene rings is 2. The SMILES string of the molecule is CCCC(=O)Nc1cncc(-c2ccc3[nH]nc(-c4cc5c(-c6cc(F)cc(NCCN(C)C)c6)cccc5[nH]4)c3n2)c1. The van der Waals surface area contributed by atoms with Crippen molar-refractivity contribution in [3.8, 4) is 33.8 Å². The van der Waals surface area contributed by atoms with Gasteiger partial charge in [-0.3, -0.25) is 14.9 Å². The first-order valence-electron chi connectivity index (χ1n) is 14.3. The molecule has 218 valence electrons. The van der Waals surface area contributed by atoms with Gasteiger partial charge in [-0.05, 0) is 80.2 Å². The molecule has 4 heterocycles. The normalized spacial score (nSPS) is 11.5. The van der Waals surface area contributed by atoms with E-state index in [-0.39, 0.29) is 11.7 Å². The molecule has 0 saturated carbocycles. The zero-order chi connectivity index (χ0) is 29.9. The molecule has 1 amide bonds. The van der Waals surface area contributed by atoms with Crippen LogP contribution in [0.2, 0.25) is 0 Å². The van der Waals surface area contributed by atoms with E-state index >= 15 is 0 Å². The van der Waals surface area contributed by atoms with E-state index < -0.39 is 0 Å². The Bertz CT molecular complexity index is 1930. The number of aromatic amines is 2. The van der Waals surface area contributed by atoms with Crippen LogP contribution in [0.25, 0.3) is 55.7 Å². The minimum Gasteiger partial charge on any atom is -0.384 e. The Hall–Kier alpha value is -5.09. The fraction of sp³-hybridized carbons (Fsp3) is 0.212. The maximum atomic E-state index is 14.7. The molecule has 0 atom stereocenters. The zero-order valence-electron chi connectivity index (χ0n) is 24.3. The van der Waals surface area contributed by atoms with Gasteiger partial charge in [-0.1, -0.05) is 19.1 Å². The summed E-state index contributed by atoms with van der Waals surface area (Å²) in [4.78, 5) is 26.9. The lowest BCUT2D eigenvalue weighted by atomic mass is 10.0. The molecular formula is C33H33FN8O. The molecule has 0 aliphatic rings. The zero-order valence-corrected chi connectivity index (χ0v) is 24.3. The molecule has 9 nitrogen and oxygen atoms in total. The molecule has 0 spiro atoms. The number of aromatic nitrogens is 5. The van der Waals surface area contributed by atoms with Gasteiger partial charge in [0.05, 0.1) is 28.8 Å². The van der Waals surface area contributed by atoms with Gasteiger partial charge in [-0.15, -0.1) is 0 Å². The molecule has 0 unspecified atom stereocenters. The molecule has 10 heteroatoms. The summed E-state index contributed by atoms with van der Waals surface area (Å²) < 4.78 is 14.7. The van der Waals surface area contributed by atoms with Gasteiger partial charge >= 0.3 is 0 Å². The first kappa shape index (κ1) is 28.0. The second-order valence-electron chi connectivity index (χ2n) is 10.8. The molecule has 0 bridgehead atoms. The van der Waals surface area contributed by atoms with Crippen LogP contribution in [0, 0.1) is 5.82 Å². The molecule has 43 heavy (non-hydrogen) atoms. The molecule has 6 rings (SSSR count). The summed E-state index contributed by atoms with van der Waals surface area (Å²) in [5.41, 5.74) is 8.41. The van der Waals surface area contributed by atoms with Gasteiger partial charge in [-0.25, -0.2) is 9.37 Å². The fourth-order valence-electron chi connectivity index (χ4n) is 5.15. The standard InChI is InChI=1S/C33H33FN8O/c1-4-6-31(43)37-24-15-21(18-35-19-24)27-9-10-29-32(39-27)33(41-40-29)30-17-26-25(7-5-8-28(26)38-30)20-13-22(34)16-23(14-20)36-11-12-42(2)3/h5,7-10,13-19,36,38H,4,6,11-12H2,1-3H3,(H,37,43)(H,40,41). The van der Waals surface area contributed by atoms with Crippen molar-refractivity contribution in [2.45, 2.75) is 19.8 Å². The monoisotopic (exact) mass is 576 g/mol. The number of halogens is 1. The number of carbonyl (C=O) groups excluding carboxylic acids is 1. The van der Waals surface area contributed by atoms with E-state index in [0.717, 1.165) is 57.5 Å². The summed E-state index contributed by atoms with van der Waals surface area (Å²) in [6.07, 6.45) is 4.57. The van der Waals surface area contributed by atoms with Crippen LogP contribution in [-0.2, 0) is 4.79 Å². The van der Waals surface area contributed by atoms with Gasteiger partial charge in [0.1, 0.15) is 17.0 Å². The van der Waals surface area contributed by atoms with Gasteiger partial charge in [0.25, 0.3) is 0 Å². The summed E-state index contributed by atoms with van der Waals surface area (Å²) >= 11 is 0. The minimum atomic E-state index is -0.295. The molecule has 4 aromatic heterocycles. The highest BCUT2D eigenvalue weighted by Crippen LogP contribution is 2.35. The highest BCUT2D eigenvalue weighted by atomic mass is 19.1. The molecular weight excluding hydrogens is 543 g/mol. The molecule has 0 aliphatic heterocycles. The quantitative estimate of drug-likeness (QED) is 0.145. The molecule has 4 N–H and O–H groups in total. The molecule has 0 radical (unpaired) electrons. The van der Waals surface area contributed by atoms with E-state index in [2.05, 4.69) is 35.7 Å². The molecule has 6 aromatic rings. The Morgan fingerprint density at radius 2 is 1.84 bits per heavy atom. The number of hydrogen-bond donors (Lipinski definition) is 4. The Balaban J connectivity index is 1.35. The maximum absolute atomic E-state index is 14.7. The number of hydrogen-bond acceptors (Lipinski definition) is 6. The topological polar surface area (TPSA) is 115 Å². The van der Waals surface area contributed by atoms with Crippen molar-refractivity contribution >= 4 is 39.2 Å². The maximum Gasteiger partial charge on any atom is 0.224 e. The molecule has 2 aromatic carbocycles. The number of likely N-dealkylation sites (N-methyl/N-ethyl adjacent to an activating group) is 1. The van der Waals surface area contributed by atoms with Crippen LogP contribution in [-0.4, -0.2) is 63.1 Å². The second kappa shape index (κ2) is 12.0. The number of nitrogens with one attached hydrogen (secondary N) is 4. The summed E-state index contributed by atoms with van der Waals surface area (Å²) in [5, 5.41) is 14.8. The third-order valence-corrected chi connectivity index (χ3v) is 7.22. The predicted octanol–water partition coefficient (Wildman–Crippen LogP) is 6.69.